The quantitative estimate of drug-likeness (QED) is 0.367. The molecule has 0 radical (unpaired) electrons. The molecule has 1 saturated heterocycles. The van der Waals surface area contributed by atoms with E-state index < -0.39 is 37.4 Å². The summed E-state index contributed by atoms with van der Waals surface area (Å²) in [6.07, 6.45) is -8.19. The van der Waals surface area contributed by atoms with Gasteiger partial charge >= 0.3 is 0 Å². The average Bonchev–Trinajstić information content (AvgIpc) is 2.08. The molecule has 1 fully saturated rings. The largest absolute Gasteiger partial charge is 0.394 e. The molecule has 1 heterocycles. The minimum Gasteiger partial charge on any atom is -0.394 e. The van der Waals surface area contributed by atoms with Gasteiger partial charge in [0.05, 0.1) is 6.61 Å². The normalized spacial score (nSPS) is 49.2. The number of aliphatic hydroxyl groups is 4. The van der Waals surface area contributed by atoms with Crippen LogP contribution in [0.3, 0.4) is 0 Å². The van der Waals surface area contributed by atoms with Crippen molar-refractivity contribution >= 4 is 0 Å². The lowest BCUT2D eigenvalue weighted by Crippen LogP contribution is -2.56. The van der Waals surface area contributed by atoms with Crippen molar-refractivity contribution in [3.63, 3.8) is 0 Å². The van der Waals surface area contributed by atoms with Gasteiger partial charge in [0.2, 0.25) is 0 Å². The fraction of sp³-hybridized carbons (Fsp3) is 1.00. The highest BCUT2D eigenvalue weighted by Crippen LogP contribution is 2.21. The topological polar surface area (TPSA) is 90.2 Å². The van der Waals surface area contributed by atoms with E-state index in [1.807, 2.05) is 0 Å². The lowest BCUT2D eigenvalue weighted by Gasteiger charge is -2.36. The van der Waals surface area contributed by atoms with Crippen molar-refractivity contribution in [3.8, 4) is 0 Å². The molecule has 5 nitrogen and oxygen atoms in total. The van der Waals surface area contributed by atoms with E-state index in [0.717, 1.165) is 0 Å². The molecule has 0 aromatic carbocycles. The van der Waals surface area contributed by atoms with Gasteiger partial charge in [-0.3, -0.25) is 0 Å². The molecule has 12 heavy (non-hydrogen) atoms. The molecular weight excluding hydrogens is 170 g/mol. The molecule has 0 bridgehead atoms. The number of aliphatic hydroxyl groups excluding tert-OH is 4. The van der Waals surface area contributed by atoms with Gasteiger partial charge in [-0.2, -0.15) is 0 Å². The summed E-state index contributed by atoms with van der Waals surface area (Å²) in [5.41, 5.74) is 0. The Morgan fingerprint density at radius 3 is 2.25 bits per heavy atom. The molecule has 0 aromatic heterocycles. The summed E-state index contributed by atoms with van der Waals surface area (Å²) in [5.74, 6) is 0. The fourth-order valence-corrected chi connectivity index (χ4v) is 1.06. The molecule has 5 atom stereocenters. The van der Waals surface area contributed by atoms with E-state index in [2.05, 4.69) is 4.74 Å². The van der Waals surface area contributed by atoms with Crippen LogP contribution in [0.2, 0.25) is 0 Å². The van der Waals surface area contributed by atoms with Crippen LogP contribution >= 0.6 is 0 Å². The van der Waals surface area contributed by atoms with E-state index in [0.29, 0.717) is 0 Å². The van der Waals surface area contributed by atoms with Crippen molar-refractivity contribution in [1.82, 2.24) is 0 Å². The minimum absolute atomic E-state index is 0.581. The van der Waals surface area contributed by atoms with E-state index in [-0.39, 0.29) is 0 Å². The smallest absolute Gasteiger partial charge is 0.189 e. The monoisotopic (exact) mass is 181 g/mol. The Morgan fingerprint density at radius 2 is 1.75 bits per heavy atom. The zero-order valence-corrected chi connectivity index (χ0v) is 6.17. The van der Waals surface area contributed by atoms with Gasteiger partial charge in [-0.1, -0.05) is 0 Å². The summed E-state index contributed by atoms with van der Waals surface area (Å²) in [6, 6.07) is 0. The zero-order chi connectivity index (χ0) is 9.30. The number of rotatable bonds is 1. The number of halogens is 1. The molecule has 1 rings (SSSR count). The van der Waals surface area contributed by atoms with Crippen LogP contribution in [0.25, 0.3) is 0 Å². The summed E-state index contributed by atoms with van der Waals surface area (Å²) in [5, 5.41) is 35.3. The zero-order valence-electron chi connectivity index (χ0n) is 6.17. The molecule has 2 unspecified atom stereocenters. The van der Waals surface area contributed by atoms with Crippen molar-refractivity contribution in [3.05, 3.63) is 0 Å². The van der Waals surface area contributed by atoms with Crippen molar-refractivity contribution in [2.75, 3.05) is 6.61 Å². The van der Waals surface area contributed by atoms with Crippen LogP contribution < -0.4 is 0 Å². The maximum Gasteiger partial charge on any atom is 0.189 e. The van der Waals surface area contributed by atoms with Crippen molar-refractivity contribution in [2.24, 2.45) is 0 Å². The third-order valence-electron chi connectivity index (χ3n) is 1.82. The fourth-order valence-electron chi connectivity index (χ4n) is 1.06. The van der Waals surface area contributed by atoms with Crippen LogP contribution in [0.4, 0.5) is 4.39 Å². The van der Waals surface area contributed by atoms with E-state index >= 15 is 0 Å². The Kier molecular flexibility index (Phi) is 2.97. The number of alkyl halides is 1. The van der Waals surface area contributed by atoms with Crippen molar-refractivity contribution < 1.29 is 29.6 Å². The van der Waals surface area contributed by atoms with Crippen LogP contribution in [0.1, 0.15) is 0 Å². The lowest BCUT2D eigenvalue weighted by molar-refractivity contribution is -0.271. The number of hydrogen-bond acceptors (Lipinski definition) is 5. The van der Waals surface area contributed by atoms with Gasteiger partial charge in [-0.05, 0) is 0 Å². The van der Waals surface area contributed by atoms with E-state index in [4.69, 9.17) is 20.4 Å². The Morgan fingerprint density at radius 1 is 1.17 bits per heavy atom. The van der Waals surface area contributed by atoms with Crippen LogP contribution in [0.5, 0.6) is 0 Å². The molecule has 0 aliphatic carbocycles. The summed E-state index contributed by atoms with van der Waals surface area (Å²) in [7, 11) is 0. The first-order valence-corrected chi connectivity index (χ1v) is 3.52. The second-order valence-corrected chi connectivity index (χ2v) is 2.67. The molecule has 72 valence electrons. The maximum atomic E-state index is 12.7. The van der Waals surface area contributed by atoms with Gasteiger partial charge in [0.1, 0.15) is 18.3 Å². The predicted octanol–water partition coefficient (Wildman–Crippen LogP) is -2.24. The van der Waals surface area contributed by atoms with Crippen LogP contribution in [0.15, 0.2) is 0 Å². The molecule has 0 aromatic rings. The Labute approximate surface area is 68.0 Å². The summed E-state index contributed by atoms with van der Waals surface area (Å²) < 4.78 is 17.1. The summed E-state index contributed by atoms with van der Waals surface area (Å²) in [6.45, 7) is -0.581. The third-order valence-corrected chi connectivity index (χ3v) is 1.82. The van der Waals surface area contributed by atoms with Gasteiger partial charge < -0.3 is 25.2 Å². The summed E-state index contributed by atoms with van der Waals surface area (Å²) in [4.78, 5) is 0. The van der Waals surface area contributed by atoms with Gasteiger partial charge in [0.15, 0.2) is 12.5 Å². The first-order valence-electron chi connectivity index (χ1n) is 3.52. The molecule has 0 amide bonds. The predicted molar refractivity (Wildman–Crippen MR) is 34.9 cm³/mol. The molecule has 4 N–H and O–H groups in total. The van der Waals surface area contributed by atoms with E-state index in [1.165, 1.54) is 0 Å². The van der Waals surface area contributed by atoms with Crippen LogP contribution in [-0.2, 0) is 4.74 Å². The number of ether oxygens (including phenoxy) is 1. The maximum absolute atomic E-state index is 12.7. The average molecular weight is 181 g/mol. The molecule has 6 heteroatoms. The van der Waals surface area contributed by atoms with Crippen molar-refractivity contribution in [2.45, 2.75) is 30.8 Å². The van der Waals surface area contributed by atoms with Crippen molar-refractivity contribution in [1.29, 1.82) is 0 Å². The highest BCUT2D eigenvalue weighted by Gasteiger charge is 2.43. The van der Waals surface area contributed by atoms with Crippen LogP contribution in [0, 0.1) is 0 Å². The first kappa shape index (κ1) is 9.82. The van der Waals surface area contributed by atoms with Gasteiger partial charge in [-0.25, -0.2) is 4.39 Å². The second-order valence-electron chi connectivity index (χ2n) is 2.67. The molecular formula is C6H11FO5. The first-order chi connectivity index (χ1) is 5.57. The highest BCUT2D eigenvalue weighted by atomic mass is 18.2. The third kappa shape index (κ3) is 1.57. The lowest BCUT2D eigenvalue weighted by atomic mass is 10.0. The molecule has 1 aliphatic rings. The minimum atomic E-state index is -2.04. The Hall–Kier alpha value is -0.270. The second kappa shape index (κ2) is 3.63. The SMILES string of the molecule is OCC1O[C@@H](O)C([18F])[C@@H](O)[C@@H]1O. The Balaban J connectivity index is 2.63. The molecule has 0 saturated carbocycles. The van der Waals surface area contributed by atoms with Gasteiger partial charge in [-0.15, -0.1) is 0 Å². The standard InChI is InChI=1S/C6H11FO5/c7-3-5(10)4(9)2(1-8)12-6(3)11/h2-6,8-11H,1H2/t2?,3?,4-,5-,6-/m1/s1/i7-1. The van der Waals surface area contributed by atoms with Gasteiger partial charge in [0.25, 0.3) is 0 Å². The van der Waals surface area contributed by atoms with Crippen LogP contribution in [-0.4, -0.2) is 57.8 Å². The van der Waals surface area contributed by atoms with E-state index in [9.17, 15) is 4.39 Å². The Bertz CT molecular complexity index is 150. The summed E-state index contributed by atoms with van der Waals surface area (Å²) >= 11 is 0. The van der Waals surface area contributed by atoms with Gasteiger partial charge in [0, 0.05) is 0 Å². The molecule has 1 aliphatic heterocycles. The number of hydrogen-bond donors (Lipinski definition) is 4. The molecule has 0 spiro atoms. The highest BCUT2D eigenvalue weighted by molar-refractivity contribution is 4.88. The van der Waals surface area contributed by atoms with E-state index in [1.54, 1.807) is 0 Å².